The second kappa shape index (κ2) is 7.75. The van der Waals surface area contributed by atoms with Gasteiger partial charge in [0.25, 0.3) is 21.5 Å². The summed E-state index contributed by atoms with van der Waals surface area (Å²) in [5.74, 6) is 0.180. The second-order valence-corrected chi connectivity index (χ2v) is 10.2. The number of sulfonamides is 1. The number of para-hydroxylation sites is 1. The molecule has 5 rings (SSSR count). The molecule has 164 valence electrons. The van der Waals surface area contributed by atoms with E-state index in [9.17, 15) is 18.0 Å². The van der Waals surface area contributed by atoms with Gasteiger partial charge in [-0.25, -0.2) is 13.4 Å². The first-order chi connectivity index (χ1) is 15.3. The van der Waals surface area contributed by atoms with E-state index in [-0.39, 0.29) is 23.8 Å². The Kier molecular flexibility index (Phi) is 5.01. The lowest BCUT2D eigenvalue weighted by molar-refractivity contribution is 0.0748. The maximum atomic E-state index is 13.2. The quantitative estimate of drug-likeness (QED) is 0.623. The molecule has 2 aromatic carbocycles. The third-order valence-corrected chi connectivity index (χ3v) is 7.70. The Bertz CT molecular complexity index is 1450. The van der Waals surface area contributed by atoms with E-state index in [0.29, 0.717) is 40.5 Å². The molecule has 0 unspecified atom stereocenters. The number of rotatable bonds is 4. The minimum absolute atomic E-state index is 0.0300. The van der Waals surface area contributed by atoms with Gasteiger partial charge in [-0.3, -0.25) is 9.59 Å². The number of hydrogen-bond acceptors (Lipinski definition) is 7. The van der Waals surface area contributed by atoms with Crippen molar-refractivity contribution in [1.29, 1.82) is 0 Å². The molecule has 11 heteroatoms. The molecule has 0 bridgehead atoms. The minimum atomic E-state index is -3.44. The van der Waals surface area contributed by atoms with Crippen LogP contribution in [0.5, 0.6) is 0 Å². The van der Waals surface area contributed by atoms with Gasteiger partial charge in [0.05, 0.1) is 28.9 Å². The molecule has 0 saturated heterocycles. The molecule has 3 heterocycles. The van der Waals surface area contributed by atoms with Crippen LogP contribution in [-0.4, -0.2) is 53.2 Å². The Labute approximate surface area is 188 Å². The summed E-state index contributed by atoms with van der Waals surface area (Å²) >= 11 is 1.25. The van der Waals surface area contributed by atoms with Crippen molar-refractivity contribution in [1.82, 2.24) is 14.9 Å². The van der Waals surface area contributed by atoms with E-state index >= 15 is 0 Å². The van der Waals surface area contributed by atoms with Gasteiger partial charge in [0.2, 0.25) is 0 Å². The van der Waals surface area contributed by atoms with Crippen LogP contribution in [0.3, 0.4) is 0 Å². The highest BCUT2D eigenvalue weighted by Crippen LogP contribution is 2.42. The van der Waals surface area contributed by atoms with Crippen molar-refractivity contribution in [3.63, 3.8) is 0 Å². The molecule has 0 saturated carbocycles. The average Bonchev–Trinajstić information content (AvgIpc) is 3.12. The van der Waals surface area contributed by atoms with Gasteiger partial charge in [-0.1, -0.05) is 12.1 Å². The molecule has 2 aliphatic rings. The van der Waals surface area contributed by atoms with Crippen molar-refractivity contribution in [2.24, 2.45) is 4.40 Å². The molecule has 0 spiro atoms. The third kappa shape index (κ3) is 3.67. The lowest BCUT2D eigenvalue weighted by Crippen LogP contribution is -2.35. The van der Waals surface area contributed by atoms with Gasteiger partial charge in [0.1, 0.15) is 5.82 Å². The van der Waals surface area contributed by atoms with Crippen molar-refractivity contribution in [3.8, 4) is 0 Å². The van der Waals surface area contributed by atoms with Crippen molar-refractivity contribution >= 4 is 49.5 Å². The number of nitrogens with one attached hydrogen (secondary N) is 1. The lowest BCUT2D eigenvalue weighted by atomic mass is 10.1. The molecule has 1 aromatic heterocycles. The number of fused-ring (bicyclic) bond motifs is 4. The van der Waals surface area contributed by atoms with Gasteiger partial charge in [-0.2, -0.15) is 0 Å². The fourth-order valence-electron chi connectivity index (χ4n) is 3.76. The molecule has 3 aromatic rings. The molecule has 1 amide bonds. The number of aromatic amines is 1. The smallest absolute Gasteiger partial charge is 0.258 e. The number of hydrogen-bond donors (Lipinski definition) is 1. The van der Waals surface area contributed by atoms with Crippen molar-refractivity contribution in [3.05, 3.63) is 64.2 Å². The van der Waals surface area contributed by atoms with Gasteiger partial charge >= 0.3 is 0 Å². The van der Waals surface area contributed by atoms with E-state index in [1.54, 1.807) is 35.2 Å². The number of nitrogens with zero attached hydrogens (tertiary/aromatic N) is 4. The van der Waals surface area contributed by atoms with Crippen LogP contribution in [-0.2, 0) is 16.6 Å². The predicted octanol–water partition coefficient (Wildman–Crippen LogP) is 2.20. The summed E-state index contributed by atoms with van der Waals surface area (Å²) in [7, 11) is -3.44. The van der Waals surface area contributed by atoms with Crippen molar-refractivity contribution in [2.75, 3.05) is 23.7 Å². The number of carbonyl (C=O) groups is 1. The molecular weight excluding hydrogens is 450 g/mol. The van der Waals surface area contributed by atoms with Crippen LogP contribution in [0.25, 0.3) is 10.9 Å². The number of benzene rings is 2. The van der Waals surface area contributed by atoms with Gasteiger partial charge < -0.3 is 14.8 Å². The van der Waals surface area contributed by atoms with E-state index < -0.39 is 10.0 Å². The highest BCUT2D eigenvalue weighted by molar-refractivity contribution is 8.15. The molecule has 32 heavy (non-hydrogen) atoms. The van der Waals surface area contributed by atoms with E-state index in [1.165, 1.54) is 11.8 Å². The minimum Gasteiger partial charge on any atom is -0.331 e. The van der Waals surface area contributed by atoms with Crippen LogP contribution in [0.4, 0.5) is 5.69 Å². The van der Waals surface area contributed by atoms with Crippen LogP contribution in [0, 0.1) is 0 Å². The first-order valence-corrected chi connectivity index (χ1v) is 12.5. The van der Waals surface area contributed by atoms with Crippen molar-refractivity contribution < 1.29 is 13.2 Å². The summed E-state index contributed by atoms with van der Waals surface area (Å²) in [6.45, 7) is 2.79. The Morgan fingerprint density at radius 3 is 2.88 bits per heavy atom. The fourth-order valence-corrected chi connectivity index (χ4v) is 6.06. The normalized spacial score (nSPS) is 16.4. The number of carbonyl (C=O) groups excluding carboxylic acids is 1. The summed E-state index contributed by atoms with van der Waals surface area (Å²) < 4.78 is 27.5. The number of amides is 1. The number of thioether (sulfide) groups is 1. The standard InChI is InChI=1S/C21H19N5O4S2/c1-2-25(12-18-22-15-6-4-3-5-14(15)19(27)23-18)20(28)13-7-8-16-17(11-13)31-21-24-32(29,30)10-9-26(16)21/h3-8,11H,2,9-10,12H2,1H3,(H,22,23,27). The second-order valence-electron chi connectivity index (χ2n) is 7.45. The largest absolute Gasteiger partial charge is 0.331 e. The van der Waals surface area contributed by atoms with Crippen LogP contribution in [0.2, 0.25) is 0 Å². The summed E-state index contributed by atoms with van der Waals surface area (Å²) in [5.41, 5.74) is 1.67. The van der Waals surface area contributed by atoms with E-state index in [2.05, 4.69) is 14.4 Å². The third-order valence-electron chi connectivity index (χ3n) is 5.39. The molecule has 9 nitrogen and oxygen atoms in total. The molecular formula is C21H19N5O4S2. The zero-order valence-electron chi connectivity index (χ0n) is 17.1. The molecule has 0 aliphatic carbocycles. The number of H-pyrrole nitrogens is 1. The van der Waals surface area contributed by atoms with Crippen LogP contribution in [0.15, 0.2) is 56.6 Å². The summed E-state index contributed by atoms with van der Waals surface area (Å²) in [6, 6.07) is 12.4. The first-order valence-electron chi connectivity index (χ1n) is 10.0. The van der Waals surface area contributed by atoms with Gasteiger partial charge in [-0.15, -0.1) is 4.40 Å². The zero-order valence-corrected chi connectivity index (χ0v) is 18.7. The van der Waals surface area contributed by atoms with Crippen LogP contribution >= 0.6 is 11.8 Å². The van der Waals surface area contributed by atoms with E-state index in [4.69, 9.17) is 0 Å². The maximum Gasteiger partial charge on any atom is 0.258 e. The van der Waals surface area contributed by atoms with Gasteiger partial charge in [0, 0.05) is 23.5 Å². The van der Waals surface area contributed by atoms with E-state index in [0.717, 1.165) is 10.6 Å². The number of aromatic nitrogens is 2. The SMILES string of the molecule is CCN(Cc1nc2ccccc2c(=O)[nH]1)C(=O)c1ccc2c(c1)SC1=NS(=O)(=O)CCN12. The van der Waals surface area contributed by atoms with Crippen molar-refractivity contribution in [2.45, 2.75) is 18.4 Å². The Morgan fingerprint density at radius 2 is 2.06 bits per heavy atom. The molecule has 1 N–H and O–H groups in total. The summed E-state index contributed by atoms with van der Waals surface area (Å²) in [4.78, 5) is 37.0. The topological polar surface area (TPSA) is 116 Å². The number of amidine groups is 1. The highest BCUT2D eigenvalue weighted by atomic mass is 32.2. The average molecular weight is 470 g/mol. The van der Waals surface area contributed by atoms with Crippen LogP contribution < -0.4 is 10.5 Å². The molecule has 0 fully saturated rings. The highest BCUT2D eigenvalue weighted by Gasteiger charge is 2.33. The zero-order chi connectivity index (χ0) is 22.5. The Balaban J connectivity index is 1.41. The maximum absolute atomic E-state index is 13.2. The summed E-state index contributed by atoms with van der Waals surface area (Å²) in [6.07, 6.45) is 0. The Morgan fingerprint density at radius 1 is 1.25 bits per heavy atom. The first kappa shape index (κ1) is 20.7. The molecule has 0 radical (unpaired) electrons. The van der Waals surface area contributed by atoms with Crippen LogP contribution in [0.1, 0.15) is 23.1 Å². The monoisotopic (exact) mass is 469 g/mol. The van der Waals surface area contributed by atoms with Gasteiger partial charge in [-0.05, 0) is 49.0 Å². The van der Waals surface area contributed by atoms with E-state index in [1.807, 2.05) is 24.0 Å². The lowest BCUT2D eigenvalue weighted by Gasteiger charge is -2.23. The molecule has 0 atom stereocenters. The predicted molar refractivity (Wildman–Crippen MR) is 124 cm³/mol. The fraction of sp³-hybridized carbons (Fsp3) is 0.238. The summed E-state index contributed by atoms with van der Waals surface area (Å²) in [5, 5.41) is 0.920. The molecule has 2 aliphatic heterocycles. The number of anilines is 1. The van der Waals surface area contributed by atoms with Gasteiger partial charge in [0.15, 0.2) is 5.17 Å². The Hall–Kier alpha value is -3.18.